The van der Waals surface area contributed by atoms with Crippen molar-refractivity contribution < 1.29 is 4.79 Å². The predicted molar refractivity (Wildman–Crippen MR) is 77.7 cm³/mol. The van der Waals surface area contributed by atoms with Crippen molar-refractivity contribution in [2.24, 2.45) is 0 Å². The highest BCUT2D eigenvalue weighted by atomic mass is 16.1. The summed E-state index contributed by atoms with van der Waals surface area (Å²) in [6, 6.07) is 11.5. The molecule has 2 rings (SSSR count). The molecular formula is C16H16N2O. The first-order valence-electron chi connectivity index (χ1n) is 6.26. The molecule has 0 saturated heterocycles. The average molecular weight is 252 g/mol. The van der Waals surface area contributed by atoms with Crippen LogP contribution in [0.3, 0.4) is 0 Å². The molecule has 0 radical (unpaired) electrons. The van der Waals surface area contributed by atoms with Crippen molar-refractivity contribution in [1.29, 1.82) is 0 Å². The van der Waals surface area contributed by atoms with E-state index in [0.29, 0.717) is 0 Å². The number of pyridine rings is 1. The van der Waals surface area contributed by atoms with Crippen LogP contribution in [0.5, 0.6) is 0 Å². The fourth-order valence-corrected chi connectivity index (χ4v) is 1.77. The molecule has 0 aliphatic carbocycles. The van der Waals surface area contributed by atoms with Gasteiger partial charge in [-0.2, -0.15) is 0 Å². The number of anilines is 1. The SMILES string of the molecule is CCc1ccccc1NC(=O)C=Cc1ccncc1. The van der Waals surface area contributed by atoms with Crippen molar-refractivity contribution in [1.82, 2.24) is 4.98 Å². The molecule has 1 aromatic carbocycles. The molecule has 0 aliphatic heterocycles. The van der Waals surface area contributed by atoms with E-state index >= 15 is 0 Å². The Bertz CT molecular complexity index is 576. The lowest BCUT2D eigenvalue weighted by Crippen LogP contribution is -2.09. The van der Waals surface area contributed by atoms with E-state index in [0.717, 1.165) is 23.2 Å². The molecule has 2 aromatic rings. The van der Waals surface area contributed by atoms with Gasteiger partial charge in [-0.05, 0) is 41.8 Å². The van der Waals surface area contributed by atoms with Gasteiger partial charge in [0.2, 0.25) is 5.91 Å². The van der Waals surface area contributed by atoms with Crippen LogP contribution in [-0.2, 0) is 11.2 Å². The molecule has 0 spiro atoms. The van der Waals surface area contributed by atoms with Gasteiger partial charge < -0.3 is 5.32 Å². The molecule has 3 heteroatoms. The summed E-state index contributed by atoms with van der Waals surface area (Å²) in [4.78, 5) is 15.8. The first kappa shape index (κ1) is 13.0. The maximum atomic E-state index is 11.8. The van der Waals surface area contributed by atoms with Crippen LogP contribution in [0.2, 0.25) is 0 Å². The van der Waals surface area contributed by atoms with Gasteiger partial charge >= 0.3 is 0 Å². The summed E-state index contributed by atoms with van der Waals surface area (Å²) in [6.07, 6.45) is 7.59. The van der Waals surface area contributed by atoms with E-state index in [4.69, 9.17) is 0 Å². The zero-order chi connectivity index (χ0) is 13.5. The van der Waals surface area contributed by atoms with Gasteiger partial charge in [0.15, 0.2) is 0 Å². The topological polar surface area (TPSA) is 42.0 Å². The highest BCUT2D eigenvalue weighted by Gasteiger charge is 2.02. The summed E-state index contributed by atoms with van der Waals surface area (Å²) in [5.74, 6) is -0.127. The smallest absolute Gasteiger partial charge is 0.248 e. The fraction of sp³-hybridized carbons (Fsp3) is 0.125. The van der Waals surface area contributed by atoms with Crippen molar-refractivity contribution >= 4 is 17.7 Å². The summed E-state index contributed by atoms with van der Waals surface area (Å²) in [6.45, 7) is 2.07. The van der Waals surface area contributed by atoms with Gasteiger partial charge in [0.25, 0.3) is 0 Å². The quantitative estimate of drug-likeness (QED) is 0.848. The number of hydrogen-bond donors (Lipinski definition) is 1. The second-order valence-electron chi connectivity index (χ2n) is 4.11. The molecule has 1 aromatic heterocycles. The van der Waals surface area contributed by atoms with E-state index in [-0.39, 0.29) is 5.91 Å². The molecule has 0 aliphatic rings. The Balaban J connectivity index is 2.04. The van der Waals surface area contributed by atoms with Crippen LogP contribution in [0.1, 0.15) is 18.1 Å². The highest BCUT2D eigenvalue weighted by Crippen LogP contribution is 2.15. The van der Waals surface area contributed by atoms with Crippen LogP contribution >= 0.6 is 0 Å². The highest BCUT2D eigenvalue weighted by molar-refractivity contribution is 6.02. The molecular weight excluding hydrogens is 236 g/mol. The largest absolute Gasteiger partial charge is 0.322 e. The zero-order valence-electron chi connectivity index (χ0n) is 10.8. The van der Waals surface area contributed by atoms with E-state index in [2.05, 4.69) is 17.2 Å². The van der Waals surface area contributed by atoms with Gasteiger partial charge in [0.05, 0.1) is 0 Å². The summed E-state index contributed by atoms with van der Waals surface area (Å²) < 4.78 is 0. The monoisotopic (exact) mass is 252 g/mol. The summed E-state index contributed by atoms with van der Waals surface area (Å²) in [5, 5.41) is 2.89. The Hall–Kier alpha value is -2.42. The number of carbonyl (C=O) groups is 1. The van der Waals surface area contributed by atoms with Crippen LogP contribution in [0.4, 0.5) is 5.69 Å². The Morgan fingerprint density at radius 3 is 2.68 bits per heavy atom. The lowest BCUT2D eigenvalue weighted by molar-refractivity contribution is -0.111. The van der Waals surface area contributed by atoms with Crippen LogP contribution in [0.15, 0.2) is 54.9 Å². The van der Waals surface area contributed by atoms with Crippen molar-refractivity contribution in [2.45, 2.75) is 13.3 Å². The Morgan fingerprint density at radius 2 is 1.95 bits per heavy atom. The lowest BCUT2D eigenvalue weighted by Gasteiger charge is -2.07. The second-order valence-corrected chi connectivity index (χ2v) is 4.11. The van der Waals surface area contributed by atoms with Crippen LogP contribution < -0.4 is 5.32 Å². The molecule has 0 saturated carbocycles. The normalized spacial score (nSPS) is 10.6. The van der Waals surface area contributed by atoms with E-state index in [1.165, 1.54) is 6.08 Å². The Morgan fingerprint density at radius 1 is 1.21 bits per heavy atom. The minimum absolute atomic E-state index is 0.127. The van der Waals surface area contributed by atoms with Gasteiger partial charge in [-0.15, -0.1) is 0 Å². The van der Waals surface area contributed by atoms with Crippen molar-refractivity contribution in [3.05, 3.63) is 66.0 Å². The van der Waals surface area contributed by atoms with E-state index < -0.39 is 0 Å². The molecule has 1 N–H and O–H groups in total. The Labute approximate surface area is 113 Å². The van der Waals surface area contributed by atoms with Gasteiger partial charge in [0, 0.05) is 24.2 Å². The minimum Gasteiger partial charge on any atom is -0.322 e. The van der Waals surface area contributed by atoms with Crippen LogP contribution in [0, 0.1) is 0 Å². The van der Waals surface area contributed by atoms with E-state index in [9.17, 15) is 4.79 Å². The number of aryl methyl sites for hydroxylation is 1. The number of benzene rings is 1. The van der Waals surface area contributed by atoms with Crippen molar-refractivity contribution in [3.63, 3.8) is 0 Å². The number of nitrogens with zero attached hydrogens (tertiary/aromatic N) is 1. The van der Waals surface area contributed by atoms with Gasteiger partial charge in [-0.25, -0.2) is 0 Å². The van der Waals surface area contributed by atoms with Gasteiger partial charge in [0.1, 0.15) is 0 Å². The van der Waals surface area contributed by atoms with Gasteiger partial charge in [-0.3, -0.25) is 9.78 Å². The fourth-order valence-electron chi connectivity index (χ4n) is 1.77. The molecule has 1 amide bonds. The second kappa shape index (κ2) is 6.50. The first-order valence-corrected chi connectivity index (χ1v) is 6.26. The molecule has 96 valence electrons. The standard InChI is InChI=1S/C16H16N2O/c1-2-14-5-3-4-6-15(14)18-16(19)8-7-13-9-11-17-12-10-13/h3-12H,2H2,1H3,(H,18,19). The molecule has 0 fully saturated rings. The minimum atomic E-state index is -0.127. The summed E-state index contributed by atoms with van der Waals surface area (Å²) in [5.41, 5.74) is 2.96. The Kier molecular flexibility index (Phi) is 4.45. The number of para-hydroxylation sites is 1. The van der Waals surface area contributed by atoms with Crippen molar-refractivity contribution in [3.8, 4) is 0 Å². The predicted octanol–water partition coefficient (Wildman–Crippen LogP) is 3.30. The number of rotatable bonds is 4. The molecule has 19 heavy (non-hydrogen) atoms. The number of amides is 1. The third-order valence-corrected chi connectivity index (χ3v) is 2.79. The van der Waals surface area contributed by atoms with Gasteiger partial charge in [-0.1, -0.05) is 25.1 Å². The van der Waals surface area contributed by atoms with E-state index in [1.54, 1.807) is 18.5 Å². The van der Waals surface area contributed by atoms with Crippen molar-refractivity contribution in [2.75, 3.05) is 5.32 Å². The molecule has 1 heterocycles. The van der Waals surface area contributed by atoms with Crippen LogP contribution in [-0.4, -0.2) is 10.9 Å². The maximum Gasteiger partial charge on any atom is 0.248 e. The number of nitrogens with one attached hydrogen (secondary N) is 1. The number of aromatic nitrogens is 1. The molecule has 0 bridgehead atoms. The number of hydrogen-bond acceptors (Lipinski definition) is 2. The molecule has 0 atom stereocenters. The van der Waals surface area contributed by atoms with Crippen LogP contribution in [0.25, 0.3) is 6.08 Å². The zero-order valence-corrected chi connectivity index (χ0v) is 10.8. The lowest BCUT2D eigenvalue weighted by atomic mass is 10.1. The third-order valence-electron chi connectivity index (χ3n) is 2.79. The average Bonchev–Trinajstić information content (AvgIpc) is 2.47. The first-order chi connectivity index (χ1) is 9.29. The maximum absolute atomic E-state index is 11.8. The number of carbonyl (C=O) groups excluding carboxylic acids is 1. The molecule has 3 nitrogen and oxygen atoms in total. The summed E-state index contributed by atoms with van der Waals surface area (Å²) >= 11 is 0. The molecule has 0 unspecified atom stereocenters. The third kappa shape index (κ3) is 3.78. The summed E-state index contributed by atoms with van der Waals surface area (Å²) in [7, 11) is 0. The van der Waals surface area contributed by atoms with E-state index in [1.807, 2.05) is 36.4 Å².